The molecule has 0 aromatic carbocycles. The minimum atomic E-state index is 0.167. The predicted molar refractivity (Wildman–Crippen MR) is 33.9 cm³/mol. The topological polar surface area (TPSA) is 20.2 Å². The monoisotopic (exact) mass is 134 g/mol. The molecule has 0 saturated heterocycles. The molecule has 52 valence electrons. The quantitative estimate of drug-likeness (QED) is 0.506. The Balaban J connectivity index is 1.93. The molecule has 1 N–H and O–H groups in total. The average molecular weight is 134 g/mol. The van der Waals surface area contributed by atoms with Gasteiger partial charge in [-0.1, -0.05) is 0 Å². The van der Waals surface area contributed by atoms with Crippen molar-refractivity contribution in [3.8, 4) is 0 Å². The molecular formula is C9H10O. The summed E-state index contributed by atoms with van der Waals surface area (Å²) in [6.07, 6.45) is 0.167. The summed E-state index contributed by atoms with van der Waals surface area (Å²) in [4.78, 5) is 0. The Morgan fingerprint density at radius 2 is 0.800 bits per heavy atom. The van der Waals surface area contributed by atoms with Crippen molar-refractivity contribution in [3.05, 3.63) is 0 Å². The highest BCUT2D eigenvalue weighted by Gasteiger charge is 2.93. The van der Waals surface area contributed by atoms with Crippen molar-refractivity contribution in [1.29, 1.82) is 0 Å². The third-order valence-electron chi connectivity index (χ3n) is 5.40. The Morgan fingerprint density at radius 1 is 0.500 bits per heavy atom. The van der Waals surface area contributed by atoms with Gasteiger partial charge in [0.1, 0.15) is 0 Å². The number of hydrogen-bond donors (Lipinski definition) is 1. The van der Waals surface area contributed by atoms with Crippen LogP contribution in [0, 0.1) is 47.3 Å². The number of rotatable bonds is 0. The van der Waals surface area contributed by atoms with Crippen molar-refractivity contribution in [2.24, 2.45) is 47.3 Å². The maximum Gasteiger partial charge on any atom is 0.0607 e. The molecule has 2 bridgehead atoms. The van der Waals surface area contributed by atoms with E-state index in [2.05, 4.69) is 0 Å². The summed E-state index contributed by atoms with van der Waals surface area (Å²) in [5.74, 6) is 8.09. The standard InChI is InChI=1S/C9H10O/c10-9-7-3-1-2-5(7)6(2)8(9)4(1)3/h1-10H/t1?,2?,3-,4+,5+,6-,7?,8?,9?. The first-order chi connectivity index (χ1) is 4.91. The molecule has 1 heteroatoms. The second-order valence-corrected chi connectivity index (χ2v) is 5.11. The summed E-state index contributed by atoms with van der Waals surface area (Å²) in [6, 6.07) is 0. The molecule has 0 spiro atoms. The summed E-state index contributed by atoms with van der Waals surface area (Å²) in [6.45, 7) is 0. The van der Waals surface area contributed by atoms with Crippen LogP contribution in [0.4, 0.5) is 0 Å². The molecule has 4 unspecified atom stereocenters. The van der Waals surface area contributed by atoms with Gasteiger partial charge in [-0.15, -0.1) is 0 Å². The smallest absolute Gasteiger partial charge is 0.0607 e. The van der Waals surface area contributed by atoms with Crippen molar-refractivity contribution in [1.82, 2.24) is 0 Å². The van der Waals surface area contributed by atoms with Crippen LogP contribution in [0.2, 0.25) is 0 Å². The molecule has 6 saturated carbocycles. The Labute approximate surface area is 59.4 Å². The molecule has 8 atom stereocenters. The zero-order valence-corrected chi connectivity index (χ0v) is 5.64. The van der Waals surface area contributed by atoms with Crippen LogP contribution < -0.4 is 0 Å². The van der Waals surface area contributed by atoms with Crippen molar-refractivity contribution in [2.75, 3.05) is 0 Å². The van der Waals surface area contributed by atoms with Gasteiger partial charge in [0.15, 0.2) is 0 Å². The molecule has 6 rings (SSSR count). The van der Waals surface area contributed by atoms with Gasteiger partial charge in [0.2, 0.25) is 0 Å². The van der Waals surface area contributed by atoms with E-state index in [0.29, 0.717) is 0 Å². The van der Waals surface area contributed by atoms with Gasteiger partial charge in [0.05, 0.1) is 6.10 Å². The highest BCUT2D eigenvalue weighted by Crippen LogP contribution is 2.94. The van der Waals surface area contributed by atoms with Gasteiger partial charge in [-0.2, -0.15) is 0 Å². The minimum absolute atomic E-state index is 0.167. The molecule has 0 aliphatic heterocycles. The fraction of sp³-hybridized carbons (Fsp3) is 1.00. The van der Waals surface area contributed by atoms with Gasteiger partial charge >= 0.3 is 0 Å². The summed E-state index contributed by atoms with van der Waals surface area (Å²) in [5.41, 5.74) is 0. The van der Waals surface area contributed by atoms with E-state index >= 15 is 0 Å². The average Bonchev–Trinajstić information content (AvgIpc) is 2.70. The van der Waals surface area contributed by atoms with Crippen molar-refractivity contribution < 1.29 is 5.11 Å². The van der Waals surface area contributed by atoms with Crippen LogP contribution >= 0.6 is 0 Å². The Morgan fingerprint density at radius 3 is 1.10 bits per heavy atom. The SMILES string of the molecule is OC1C2[C@@H]3C4C5[C@@H](C1[C@@H]43)[C@@H]25. The first-order valence-corrected chi connectivity index (χ1v) is 4.59. The van der Waals surface area contributed by atoms with Crippen LogP contribution in [0.3, 0.4) is 0 Å². The Bertz CT molecular complexity index is 210. The lowest BCUT2D eigenvalue weighted by Gasteiger charge is -2.10. The van der Waals surface area contributed by atoms with Gasteiger partial charge < -0.3 is 5.11 Å². The lowest BCUT2D eigenvalue weighted by molar-refractivity contribution is 0.101. The highest BCUT2D eigenvalue weighted by molar-refractivity contribution is 5.40. The molecule has 0 heterocycles. The second kappa shape index (κ2) is 0.781. The van der Waals surface area contributed by atoms with Crippen LogP contribution in [0.1, 0.15) is 0 Å². The molecule has 0 aromatic rings. The summed E-state index contributed by atoms with van der Waals surface area (Å²) in [7, 11) is 0. The van der Waals surface area contributed by atoms with Gasteiger partial charge in [0, 0.05) is 0 Å². The lowest BCUT2D eigenvalue weighted by Crippen LogP contribution is -2.17. The first kappa shape index (κ1) is 4.10. The predicted octanol–water partition coefficient (Wildman–Crippen LogP) is 0.345. The van der Waals surface area contributed by atoms with Gasteiger partial charge in [-0.05, 0) is 47.3 Å². The number of aliphatic hydroxyl groups is 1. The van der Waals surface area contributed by atoms with E-state index in [1.807, 2.05) is 0 Å². The van der Waals surface area contributed by atoms with Crippen LogP contribution in [-0.4, -0.2) is 11.2 Å². The maximum absolute atomic E-state index is 9.74. The van der Waals surface area contributed by atoms with E-state index in [0.717, 1.165) is 47.3 Å². The summed E-state index contributed by atoms with van der Waals surface area (Å²) < 4.78 is 0. The Hall–Kier alpha value is -0.0400. The summed E-state index contributed by atoms with van der Waals surface area (Å²) >= 11 is 0. The van der Waals surface area contributed by atoms with E-state index in [4.69, 9.17) is 0 Å². The summed E-state index contributed by atoms with van der Waals surface area (Å²) in [5, 5.41) is 9.74. The third kappa shape index (κ3) is 0.168. The van der Waals surface area contributed by atoms with Gasteiger partial charge in [0.25, 0.3) is 0 Å². The van der Waals surface area contributed by atoms with Gasteiger partial charge in [-0.3, -0.25) is 0 Å². The molecule has 10 heavy (non-hydrogen) atoms. The van der Waals surface area contributed by atoms with Crippen LogP contribution in [0.25, 0.3) is 0 Å². The van der Waals surface area contributed by atoms with E-state index in [-0.39, 0.29) is 6.10 Å². The van der Waals surface area contributed by atoms with E-state index < -0.39 is 0 Å². The van der Waals surface area contributed by atoms with Crippen LogP contribution in [-0.2, 0) is 0 Å². The number of hydrogen-bond acceptors (Lipinski definition) is 1. The van der Waals surface area contributed by atoms with Crippen LogP contribution in [0.15, 0.2) is 0 Å². The largest absolute Gasteiger partial charge is 0.393 e. The first-order valence-electron chi connectivity index (χ1n) is 4.59. The highest BCUT2D eigenvalue weighted by atomic mass is 16.3. The van der Waals surface area contributed by atoms with Crippen LogP contribution in [0.5, 0.6) is 0 Å². The molecule has 0 amide bonds. The second-order valence-electron chi connectivity index (χ2n) is 5.11. The maximum atomic E-state index is 9.74. The fourth-order valence-electron chi connectivity index (χ4n) is 5.53. The normalized spacial score (nSPS) is 97.5. The zero-order valence-electron chi connectivity index (χ0n) is 5.64. The molecule has 0 radical (unpaired) electrons. The molecular weight excluding hydrogens is 124 g/mol. The molecule has 0 aromatic heterocycles. The zero-order chi connectivity index (χ0) is 6.20. The van der Waals surface area contributed by atoms with E-state index in [1.54, 1.807) is 0 Å². The molecule has 6 aliphatic carbocycles. The minimum Gasteiger partial charge on any atom is -0.393 e. The fourth-order valence-corrected chi connectivity index (χ4v) is 5.53. The van der Waals surface area contributed by atoms with E-state index in [1.165, 1.54) is 0 Å². The molecule has 6 fully saturated rings. The van der Waals surface area contributed by atoms with Crippen molar-refractivity contribution in [3.63, 3.8) is 0 Å². The third-order valence-corrected chi connectivity index (χ3v) is 5.40. The van der Waals surface area contributed by atoms with E-state index in [9.17, 15) is 5.11 Å². The van der Waals surface area contributed by atoms with Crippen molar-refractivity contribution >= 4 is 0 Å². The van der Waals surface area contributed by atoms with Crippen molar-refractivity contribution in [2.45, 2.75) is 6.10 Å². The molecule has 6 aliphatic rings. The Kier molecular flexibility index (Phi) is 0.320. The lowest BCUT2D eigenvalue weighted by atomic mass is 10.0. The molecule has 1 nitrogen and oxygen atoms in total. The number of aliphatic hydroxyl groups excluding tert-OH is 1. The van der Waals surface area contributed by atoms with Gasteiger partial charge in [-0.25, -0.2) is 0 Å².